The highest BCUT2D eigenvalue weighted by molar-refractivity contribution is 9.10. The summed E-state index contributed by atoms with van der Waals surface area (Å²) in [5.41, 5.74) is 1.38. The Balaban J connectivity index is 1.93. The van der Waals surface area contributed by atoms with Crippen molar-refractivity contribution in [1.82, 2.24) is 4.90 Å². The van der Waals surface area contributed by atoms with Gasteiger partial charge in [-0.25, -0.2) is 0 Å². The molecule has 2 unspecified atom stereocenters. The number of hydrogen-bond acceptors (Lipinski definition) is 2. The van der Waals surface area contributed by atoms with E-state index < -0.39 is 0 Å². The van der Waals surface area contributed by atoms with Gasteiger partial charge in [-0.1, -0.05) is 22.4 Å². The Hall–Kier alpha value is -0.540. The zero-order valence-corrected chi connectivity index (χ0v) is 12.7. The highest BCUT2D eigenvalue weighted by Gasteiger charge is 2.48. The Kier molecular flexibility index (Phi) is 3.15. The SMILES string of the molecule is CN(C)C1CCCCC12Cc1cc(Br)ccc1O2. The van der Waals surface area contributed by atoms with Gasteiger partial charge in [-0.2, -0.15) is 0 Å². The Morgan fingerprint density at radius 2 is 2.17 bits per heavy atom. The number of rotatable bonds is 1. The molecule has 2 nitrogen and oxygen atoms in total. The van der Waals surface area contributed by atoms with Crippen LogP contribution >= 0.6 is 15.9 Å². The molecule has 1 aliphatic heterocycles. The van der Waals surface area contributed by atoms with E-state index >= 15 is 0 Å². The van der Waals surface area contributed by atoms with Crippen molar-refractivity contribution in [2.45, 2.75) is 43.7 Å². The third-order valence-electron chi connectivity index (χ3n) is 4.38. The van der Waals surface area contributed by atoms with E-state index in [1.54, 1.807) is 0 Å². The zero-order valence-electron chi connectivity index (χ0n) is 11.1. The van der Waals surface area contributed by atoms with Crippen molar-refractivity contribution < 1.29 is 4.74 Å². The second-order valence-corrected chi connectivity index (χ2v) is 6.74. The molecule has 3 rings (SSSR count). The summed E-state index contributed by atoms with van der Waals surface area (Å²) in [7, 11) is 4.36. The molecule has 0 bridgehead atoms. The molecule has 0 amide bonds. The third-order valence-corrected chi connectivity index (χ3v) is 4.88. The average molecular weight is 310 g/mol. The van der Waals surface area contributed by atoms with Gasteiger partial charge in [0.05, 0.1) is 0 Å². The van der Waals surface area contributed by atoms with Gasteiger partial charge in [-0.3, -0.25) is 0 Å². The molecule has 1 aromatic rings. The van der Waals surface area contributed by atoms with Gasteiger partial charge in [0.25, 0.3) is 0 Å². The predicted octanol–water partition coefficient (Wildman–Crippen LogP) is 3.63. The predicted molar refractivity (Wildman–Crippen MR) is 77.1 cm³/mol. The van der Waals surface area contributed by atoms with Crippen LogP contribution in [-0.2, 0) is 6.42 Å². The number of likely N-dealkylation sites (N-methyl/N-ethyl adjacent to an activating group) is 1. The standard InChI is InChI=1S/C15H20BrNO/c1-17(2)14-5-3-4-8-15(14)10-11-9-12(16)6-7-13(11)18-15/h6-7,9,14H,3-5,8,10H2,1-2H3. The molecule has 0 N–H and O–H groups in total. The lowest BCUT2D eigenvalue weighted by Gasteiger charge is -2.44. The van der Waals surface area contributed by atoms with Gasteiger partial charge >= 0.3 is 0 Å². The molecular weight excluding hydrogens is 290 g/mol. The first kappa shape index (κ1) is 12.5. The van der Waals surface area contributed by atoms with Crippen LogP contribution in [0.3, 0.4) is 0 Å². The van der Waals surface area contributed by atoms with Gasteiger partial charge in [0.1, 0.15) is 11.4 Å². The number of fused-ring (bicyclic) bond motifs is 1. The Morgan fingerprint density at radius 3 is 2.94 bits per heavy atom. The first-order chi connectivity index (χ1) is 8.61. The van der Waals surface area contributed by atoms with E-state index in [0.717, 1.165) is 16.6 Å². The quantitative estimate of drug-likeness (QED) is 0.785. The molecule has 98 valence electrons. The normalized spacial score (nSPS) is 30.6. The van der Waals surface area contributed by atoms with Gasteiger partial charge in [0, 0.05) is 16.9 Å². The zero-order chi connectivity index (χ0) is 12.8. The van der Waals surface area contributed by atoms with Gasteiger partial charge in [-0.05, 0) is 57.1 Å². The molecule has 3 heteroatoms. The summed E-state index contributed by atoms with van der Waals surface area (Å²) < 4.78 is 7.55. The minimum Gasteiger partial charge on any atom is -0.485 e. The lowest BCUT2D eigenvalue weighted by Crippen LogP contribution is -2.55. The molecule has 1 fully saturated rings. The van der Waals surface area contributed by atoms with E-state index in [1.165, 1.54) is 31.2 Å². The summed E-state index contributed by atoms with van der Waals surface area (Å²) in [6.07, 6.45) is 6.11. The fraction of sp³-hybridized carbons (Fsp3) is 0.600. The fourth-order valence-corrected chi connectivity index (χ4v) is 4.02. The third kappa shape index (κ3) is 1.97. The summed E-state index contributed by atoms with van der Waals surface area (Å²) in [5, 5.41) is 0. The van der Waals surface area contributed by atoms with Crippen LogP contribution in [0.2, 0.25) is 0 Å². The Bertz CT molecular complexity index is 460. The number of nitrogens with zero attached hydrogens (tertiary/aromatic N) is 1. The minimum atomic E-state index is 0.0187. The van der Waals surface area contributed by atoms with Crippen molar-refractivity contribution in [2.75, 3.05) is 14.1 Å². The number of ether oxygens (including phenoxy) is 1. The van der Waals surface area contributed by atoms with Gasteiger partial charge in [0.2, 0.25) is 0 Å². The van der Waals surface area contributed by atoms with Gasteiger partial charge < -0.3 is 9.64 Å². The molecule has 1 aromatic carbocycles. The van der Waals surface area contributed by atoms with Gasteiger partial charge in [-0.15, -0.1) is 0 Å². The molecule has 0 radical (unpaired) electrons. The number of hydrogen-bond donors (Lipinski definition) is 0. The van der Waals surface area contributed by atoms with Crippen LogP contribution in [0, 0.1) is 0 Å². The highest BCUT2D eigenvalue weighted by atomic mass is 79.9. The summed E-state index contributed by atoms with van der Waals surface area (Å²) in [6.45, 7) is 0. The second kappa shape index (κ2) is 4.53. The van der Waals surface area contributed by atoms with E-state index in [0.29, 0.717) is 6.04 Å². The number of halogens is 1. The molecule has 2 aliphatic rings. The molecule has 1 spiro atoms. The molecule has 2 atom stereocenters. The van der Waals surface area contributed by atoms with Crippen molar-refractivity contribution >= 4 is 15.9 Å². The van der Waals surface area contributed by atoms with Gasteiger partial charge in [0.15, 0.2) is 0 Å². The molecule has 0 saturated heterocycles. The molecule has 1 aliphatic carbocycles. The topological polar surface area (TPSA) is 12.5 Å². The minimum absolute atomic E-state index is 0.0187. The first-order valence-electron chi connectivity index (χ1n) is 6.75. The van der Waals surface area contributed by atoms with Crippen molar-refractivity contribution in [2.24, 2.45) is 0 Å². The molecular formula is C15H20BrNO. The second-order valence-electron chi connectivity index (χ2n) is 5.82. The van der Waals surface area contributed by atoms with Crippen LogP contribution in [0.25, 0.3) is 0 Å². The first-order valence-corrected chi connectivity index (χ1v) is 7.54. The van der Waals surface area contributed by atoms with Crippen molar-refractivity contribution in [3.05, 3.63) is 28.2 Å². The Morgan fingerprint density at radius 1 is 1.33 bits per heavy atom. The van der Waals surface area contributed by atoms with Crippen molar-refractivity contribution in [3.63, 3.8) is 0 Å². The van der Waals surface area contributed by atoms with Crippen LogP contribution in [0.5, 0.6) is 5.75 Å². The highest BCUT2D eigenvalue weighted by Crippen LogP contribution is 2.45. The number of benzene rings is 1. The summed E-state index contributed by atoms with van der Waals surface area (Å²) in [4.78, 5) is 2.35. The molecule has 1 heterocycles. The maximum absolute atomic E-state index is 6.40. The van der Waals surface area contributed by atoms with Crippen molar-refractivity contribution in [3.8, 4) is 5.75 Å². The van der Waals surface area contributed by atoms with E-state index in [4.69, 9.17) is 4.74 Å². The van der Waals surface area contributed by atoms with Crippen LogP contribution in [0.4, 0.5) is 0 Å². The monoisotopic (exact) mass is 309 g/mol. The van der Waals surface area contributed by atoms with E-state index in [9.17, 15) is 0 Å². The molecule has 0 aromatic heterocycles. The van der Waals surface area contributed by atoms with Crippen LogP contribution in [0.15, 0.2) is 22.7 Å². The molecule has 18 heavy (non-hydrogen) atoms. The Labute approximate surface area is 117 Å². The summed E-state index contributed by atoms with van der Waals surface area (Å²) >= 11 is 3.56. The maximum Gasteiger partial charge on any atom is 0.129 e. The van der Waals surface area contributed by atoms with E-state index in [-0.39, 0.29) is 5.60 Å². The average Bonchev–Trinajstić information content (AvgIpc) is 2.66. The molecule has 1 saturated carbocycles. The lowest BCUT2D eigenvalue weighted by atomic mass is 9.77. The van der Waals surface area contributed by atoms with E-state index in [2.05, 4.69) is 53.1 Å². The summed E-state index contributed by atoms with van der Waals surface area (Å²) in [5.74, 6) is 1.09. The smallest absolute Gasteiger partial charge is 0.129 e. The largest absolute Gasteiger partial charge is 0.485 e. The van der Waals surface area contributed by atoms with Crippen LogP contribution < -0.4 is 4.74 Å². The van der Waals surface area contributed by atoms with Crippen LogP contribution in [-0.4, -0.2) is 30.6 Å². The lowest BCUT2D eigenvalue weighted by molar-refractivity contribution is -0.0222. The maximum atomic E-state index is 6.40. The fourth-order valence-electron chi connectivity index (χ4n) is 3.61. The van der Waals surface area contributed by atoms with Crippen LogP contribution in [0.1, 0.15) is 31.2 Å². The van der Waals surface area contributed by atoms with E-state index in [1.807, 2.05) is 0 Å². The summed E-state index contributed by atoms with van der Waals surface area (Å²) in [6, 6.07) is 6.93. The van der Waals surface area contributed by atoms with Crippen molar-refractivity contribution in [1.29, 1.82) is 0 Å².